The van der Waals surface area contributed by atoms with E-state index in [1.54, 1.807) is 31.2 Å². The summed E-state index contributed by atoms with van der Waals surface area (Å²) in [5.41, 5.74) is 3.72. The molecule has 0 bridgehead atoms. The predicted molar refractivity (Wildman–Crippen MR) is 103 cm³/mol. The fourth-order valence-electron chi connectivity index (χ4n) is 3.16. The second-order valence-electron chi connectivity index (χ2n) is 6.58. The molecule has 3 rings (SSSR count). The summed E-state index contributed by atoms with van der Waals surface area (Å²) in [6.07, 6.45) is 1.84. The minimum atomic E-state index is -0.637. The Labute approximate surface area is 154 Å². The molecule has 1 fully saturated rings. The predicted octanol–water partition coefficient (Wildman–Crippen LogP) is 3.87. The molecule has 1 aliphatic heterocycles. The molecule has 134 valence electrons. The van der Waals surface area contributed by atoms with Crippen molar-refractivity contribution in [3.8, 4) is 11.8 Å². The van der Waals surface area contributed by atoms with Crippen molar-refractivity contribution in [2.24, 2.45) is 0 Å². The van der Waals surface area contributed by atoms with Crippen molar-refractivity contribution in [2.75, 3.05) is 23.3 Å². The van der Waals surface area contributed by atoms with Gasteiger partial charge in [0.2, 0.25) is 0 Å². The summed E-state index contributed by atoms with van der Waals surface area (Å²) in [5.74, 6) is 0.356. The van der Waals surface area contributed by atoms with E-state index >= 15 is 0 Å². The largest absolute Gasteiger partial charge is 0.481 e. The van der Waals surface area contributed by atoms with Gasteiger partial charge in [0.25, 0.3) is 5.91 Å². The van der Waals surface area contributed by atoms with Crippen molar-refractivity contribution in [1.82, 2.24) is 0 Å². The van der Waals surface area contributed by atoms with E-state index in [-0.39, 0.29) is 5.91 Å². The summed E-state index contributed by atoms with van der Waals surface area (Å²) in [4.78, 5) is 14.8. The van der Waals surface area contributed by atoms with E-state index in [1.807, 2.05) is 12.1 Å². The Kier molecular flexibility index (Phi) is 5.43. The number of anilines is 2. The first kappa shape index (κ1) is 17.8. The van der Waals surface area contributed by atoms with E-state index in [4.69, 9.17) is 10.00 Å². The van der Waals surface area contributed by atoms with E-state index < -0.39 is 6.10 Å². The van der Waals surface area contributed by atoms with Crippen LogP contribution in [0.3, 0.4) is 0 Å². The van der Waals surface area contributed by atoms with Crippen LogP contribution in [0.15, 0.2) is 42.5 Å². The molecule has 0 saturated carbocycles. The molecule has 1 amide bonds. The van der Waals surface area contributed by atoms with Crippen LogP contribution in [0, 0.1) is 18.3 Å². The highest BCUT2D eigenvalue weighted by Crippen LogP contribution is 2.26. The molecule has 0 aromatic heterocycles. The number of carbonyl (C=O) groups is 1. The molecule has 0 radical (unpaired) electrons. The third-order valence-corrected chi connectivity index (χ3v) is 4.58. The van der Waals surface area contributed by atoms with Crippen LogP contribution in [-0.4, -0.2) is 25.1 Å². The Hall–Kier alpha value is -3.00. The van der Waals surface area contributed by atoms with Gasteiger partial charge in [-0.1, -0.05) is 0 Å². The molecule has 1 atom stereocenters. The second-order valence-corrected chi connectivity index (χ2v) is 6.58. The molecular formula is C21H23N3O2. The van der Waals surface area contributed by atoms with Gasteiger partial charge in [0.15, 0.2) is 6.10 Å². The van der Waals surface area contributed by atoms with E-state index in [1.165, 1.54) is 18.5 Å². The van der Waals surface area contributed by atoms with Crippen molar-refractivity contribution in [2.45, 2.75) is 32.8 Å². The maximum Gasteiger partial charge on any atom is 0.265 e. The first-order valence-corrected chi connectivity index (χ1v) is 8.90. The molecule has 1 unspecified atom stereocenters. The highest BCUT2D eigenvalue weighted by Gasteiger charge is 2.17. The molecule has 2 aromatic carbocycles. The molecule has 5 nitrogen and oxygen atoms in total. The molecule has 1 aliphatic rings. The van der Waals surface area contributed by atoms with Crippen molar-refractivity contribution in [1.29, 1.82) is 5.26 Å². The van der Waals surface area contributed by atoms with Gasteiger partial charge in [-0.3, -0.25) is 4.79 Å². The number of aryl methyl sites for hydroxylation is 1. The zero-order valence-electron chi connectivity index (χ0n) is 15.2. The monoisotopic (exact) mass is 349 g/mol. The standard InChI is InChI=1S/C21H23N3O2/c1-15-13-18(7-10-20(15)24-11-3-4-12-24)23-21(25)16(2)26-19-8-5-17(14-22)6-9-19/h5-10,13,16H,3-4,11-12H2,1-2H3,(H,23,25). The number of amides is 1. The number of nitrogens with one attached hydrogen (secondary N) is 1. The molecule has 5 heteroatoms. The third kappa shape index (κ3) is 4.15. The molecule has 0 aliphatic carbocycles. The second kappa shape index (κ2) is 7.92. The Morgan fingerprint density at radius 3 is 2.50 bits per heavy atom. The Morgan fingerprint density at radius 2 is 1.88 bits per heavy atom. The number of nitrogens with zero attached hydrogens (tertiary/aromatic N) is 2. The van der Waals surface area contributed by atoms with Crippen molar-refractivity contribution in [3.63, 3.8) is 0 Å². The molecule has 1 heterocycles. The number of benzene rings is 2. The Balaban J connectivity index is 1.61. The van der Waals surface area contributed by atoms with Gasteiger partial charge in [-0.25, -0.2) is 0 Å². The number of carbonyl (C=O) groups excluding carboxylic acids is 1. The van der Waals surface area contributed by atoms with Crippen LogP contribution in [0.2, 0.25) is 0 Å². The topological polar surface area (TPSA) is 65.4 Å². The van der Waals surface area contributed by atoms with Crippen molar-refractivity contribution < 1.29 is 9.53 Å². The lowest BCUT2D eigenvalue weighted by atomic mass is 10.1. The van der Waals surface area contributed by atoms with Crippen molar-refractivity contribution >= 4 is 17.3 Å². The number of hydrogen-bond donors (Lipinski definition) is 1. The maximum atomic E-state index is 12.4. The average molecular weight is 349 g/mol. The lowest BCUT2D eigenvalue weighted by molar-refractivity contribution is -0.122. The van der Waals surface area contributed by atoms with Crippen LogP contribution in [0.4, 0.5) is 11.4 Å². The fourth-order valence-corrected chi connectivity index (χ4v) is 3.16. The smallest absolute Gasteiger partial charge is 0.265 e. The van der Waals surface area contributed by atoms with Crippen LogP contribution < -0.4 is 15.0 Å². The highest BCUT2D eigenvalue weighted by molar-refractivity contribution is 5.94. The van der Waals surface area contributed by atoms with Crippen LogP contribution in [-0.2, 0) is 4.79 Å². The Bertz CT molecular complexity index is 818. The minimum absolute atomic E-state index is 0.206. The van der Waals surface area contributed by atoms with E-state index in [0.29, 0.717) is 11.3 Å². The maximum absolute atomic E-state index is 12.4. The van der Waals surface area contributed by atoms with Gasteiger partial charge in [-0.15, -0.1) is 0 Å². The molecule has 1 saturated heterocycles. The van der Waals surface area contributed by atoms with Gasteiger partial charge in [0, 0.05) is 24.5 Å². The normalized spacial score (nSPS) is 14.6. The van der Waals surface area contributed by atoms with E-state index in [2.05, 4.69) is 29.3 Å². The minimum Gasteiger partial charge on any atom is -0.481 e. The number of hydrogen-bond acceptors (Lipinski definition) is 4. The lowest BCUT2D eigenvalue weighted by Gasteiger charge is -2.21. The number of ether oxygens (including phenoxy) is 1. The zero-order valence-corrected chi connectivity index (χ0v) is 15.2. The van der Waals surface area contributed by atoms with Gasteiger partial charge in [-0.2, -0.15) is 5.26 Å². The molecule has 0 spiro atoms. The molecular weight excluding hydrogens is 326 g/mol. The molecule has 2 aromatic rings. The zero-order chi connectivity index (χ0) is 18.5. The molecule has 1 N–H and O–H groups in total. The number of rotatable bonds is 5. The van der Waals surface area contributed by atoms with Gasteiger partial charge in [0.1, 0.15) is 5.75 Å². The Morgan fingerprint density at radius 1 is 1.19 bits per heavy atom. The van der Waals surface area contributed by atoms with Gasteiger partial charge >= 0.3 is 0 Å². The first-order valence-electron chi connectivity index (χ1n) is 8.90. The summed E-state index contributed by atoms with van der Waals surface area (Å²) in [5, 5.41) is 11.7. The van der Waals surface area contributed by atoms with Gasteiger partial charge in [0.05, 0.1) is 11.6 Å². The third-order valence-electron chi connectivity index (χ3n) is 4.58. The van der Waals surface area contributed by atoms with Gasteiger partial charge < -0.3 is 15.0 Å². The summed E-state index contributed by atoms with van der Waals surface area (Å²) in [6.45, 7) is 5.98. The molecule has 26 heavy (non-hydrogen) atoms. The first-order chi connectivity index (χ1) is 12.6. The lowest BCUT2D eigenvalue weighted by Crippen LogP contribution is -2.30. The van der Waals surface area contributed by atoms with E-state index in [9.17, 15) is 4.79 Å². The summed E-state index contributed by atoms with van der Waals surface area (Å²) < 4.78 is 5.65. The van der Waals surface area contributed by atoms with Gasteiger partial charge in [-0.05, 0) is 74.7 Å². The highest BCUT2D eigenvalue weighted by atomic mass is 16.5. The van der Waals surface area contributed by atoms with Crippen LogP contribution in [0.5, 0.6) is 5.75 Å². The fraction of sp³-hybridized carbons (Fsp3) is 0.333. The summed E-state index contributed by atoms with van der Waals surface area (Å²) in [7, 11) is 0. The van der Waals surface area contributed by atoms with E-state index in [0.717, 1.165) is 24.3 Å². The van der Waals surface area contributed by atoms with Crippen molar-refractivity contribution in [3.05, 3.63) is 53.6 Å². The van der Waals surface area contributed by atoms with Crippen LogP contribution >= 0.6 is 0 Å². The SMILES string of the molecule is Cc1cc(NC(=O)C(C)Oc2ccc(C#N)cc2)ccc1N1CCCC1. The van der Waals surface area contributed by atoms with Crippen LogP contribution in [0.1, 0.15) is 30.9 Å². The van der Waals surface area contributed by atoms with Crippen LogP contribution in [0.25, 0.3) is 0 Å². The number of nitriles is 1. The summed E-state index contributed by atoms with van der Waals surface area (Å²) in [6, 6.07) is 14.8. The quantitative estimate of drug-likeness (QED) is 0.890. The average Bonchev–Trinajstić information content (AvgIpc) is 3.16. The summed E-state index contributed by atoms with van der Waals surface area (Å²) >= 11 is 0.